The van der Waals surface area contributed by atoms with Gasteiger partial charge in [0, 0.05) is 18.8 Å². The summed E-state index contributed by atoms with van der Waals surface area (Å²) in [6.07, 6.45) is 5.97. The Morgan fingerprint density at radius 1 is 1.25 bits per heavy atom. The Bertz CT molecular complexity index is 674. The van der Waals surface area contributed by atoms with Gasteiger partial charge in [0.2, 0.25) is 0 Å². The monoisotopic (exact) mass is 324 g/mol. The van der Waals surface area contributed by atoms with Crippen LogP contribution in [0.4, 0.5) is 4.79 Å². The maximum absolute atomic E-state index is 12.6. The Morgan fingerprint density at radius 2 is 2.08 bits per heavy atom. The molecule has 1 N–H and O–H groups in total. The number of nitrogens with zero attached hydrogens (tertiary/aromatic N) is 3. The highest BCUT2D eigenvalue weighted by molar-refractivity contribution is 5.74. The van der Waals surface area contributed by atoms with Gasteiger partial charge in [0.05, 0.1) is 12.2 Å². The predicted molar refractivity (Wildman–Crippen MR) is 93.5 cm³/mol. The van der Waals surface area contributed by atoms with Crippen molar-refractivity contribution in [3.05, 3.63) is 59.7 Å². The molecule has 0 bridgehead atoms. The Balaban J connectivity index is 1.60. The summed E-state index contributed by atoms with van der Waals surface area (Å²) in [5.74, 6) is 0.724. The van der Waals surface area contributed by atoms with E-state index < -0.39 is 0 Å². The van der Waals surface area contributed by atoms with Crippen LogP contribution in [0.25, 0.3) is 0 Å². The lowest BCUT2D eigenvalue weighted by Crippen LogP contribution is -2.49. The van der Waals surface area contributed by atoms with E-state index in [1.165, 1.54) is 12.0 Å². The minimum atomic E-state index is 0.00639. The van der Waals surface area contributed by atoms with Crippen LogP contribution in [0.3, 0.4) is 0 Å². The molecule has 126 valence electrons. The van der Waals surface area contributed by atoms with Crippen LogP contribution in [0.2, 0.25) is 0 Å². The van der Waals surface area contributed by atoms with Gasteiger partial charge < -0.3 is 10.2 Å². The Morgan fingerprint density at radius 3 is 2.88 bits per heavy atom. The van der Waals surface area contributed by atoms with Crippen LogP contribution >= 0.6 is 0 Å². The number of nitrogens with one attached hydrogen (secondary N) is 1. The summed E-state index contributed by atoms with van der Waals surface area (Å²) in [4.78, 5) is 23.0. The molecule has 1 saturated heterocycles. The maximum atomic E-state index is 12.6. The minimum Gasteiger partial charge on any atom is -0.332 e. The normalized spacial score (nSPS) is 17.5. The van der Waals surface area contributed by atoms with E-state index in [9.17, 15) is 4.79 Å². The highest BCUT2D eigenvalue weighted by atomic mass is 16.2. The molecule has 3 rings (SSSR count). The topological polar surface area (TPSA) is 58.1 Å². The molecule has 1 aromatic carbocycles. The largest absolute Gasteiger partial charge is 0.332 e. The number of benzene rings is 1. The zero-order chi connectivity index (χ0) is 16.8. The third-order valence-corrected chi connectivity index (χ3v) is 4.46. The summed E-state index contributed by atoms with van der Waals surface area (Å²) in [6.45, 7) is 3.12. The lowest BCUT2D eigenvalue weighted by atomic mass is 9.96. The van der Waals surface area contributed by atoms with Crippen LogP contribution < -0.4 is 5.32 Å². The van der Waals surface area contributed by atoms with Gasteiger partial charge in [-0.05, 0) is 44.2 Å². The summed E-state index contributed by atoms with van der Waals surface area (Å²) in [5, 5.41) is 3.01. The SMILES string of the molecule is Cc1nccc(CNC(=O)N2CCCC[C@@H]2Cc2ccccc2)n1. The van der Waals surface area contributed by atoms with Gasteiger partial charge in [0.15, 0.2) is 0 Å². The summed E-state index contributed by atoms with van der Waals surface area (Å²) in [6, 6.07) is 12.5. The molecule has 1 aromatic heterocycles. The van der Waals surface area contributed by atoms with Crippen molar-refractivity contribution in [3.8, 4) is 0 Å². The zero-order valence-electron chi connectivity index (χ0n) is 14.1. The molecule has 1 atom stereocenters. The minimum absolute atomic E-state index is 0.00639. The lowest BCUT2D eigenvalue weighted by Gasteiger charge is -2.36. The molecule has 1 aliphatic heterocycles. The summed E-state index contributed by atoms with van der Waals surface area (Å²) in [7, 11) is 0. The van der Waals surface area contributed by atoms with E-state index in [-0.39, 0.29) is 12.1 Å². The fraction of sp³-hybridized carbons (Fsp3) is 0.421. The van der Waals surface area contributed by atoms with Gasteiger partial charge in [-0.3, -0.25) is 0 Å². The Hall–Kier alpha value is -2.43. The van der Waals surface area contributed by atoms with Gasteiger partial charge in [-0.25, -0.2) is 14.8 Å². The Labute approximate surface area is 143 Å². The van der Waals surface area contributed by atoms with Gasteiger partial charge in [0.1, 0.15) is 5.82 Å². The van der Waals surface area contributed by atoms with E-state index in [1.54, 1.807) is 6.20 Å². The second-order valence-electron chi connectivity index (χ2n) is 6.29. The number of piperidine rings is 1. The van der Waals surface area contributed by atoms with Crippen molar-refractivity contribution in [3.63, 3.8) is 0 Å². The third kappa shape index (κ3) is 4.31. The van der Waals surface area contributed by atoms with Crippen LogP contribution in [-0.4, -0.2) is 33.5 Å². The van der Waals surface area contributed by atoms with Crippen LogP contribution in [0.5, 0.6) is 0 Å². The number of rotatable bonds is 4. The van der Waals surface area contributed by atoms with Gasteiger partial charge in [0.25, 0.3) is 0 Å². The maximum Gasteiger partial charge on any atom is 0.317 e. The molecule has 5 heteroatoms. The van der Waals surface area contributed by atoms with Gasteiger partial charge in [-0.15, -0.1) is 0 Å². The smallest absolute Gasteiger partial charge is 0.317 e. The van der Waals surface area contributed by atoms with Crippen LogP contribution in [0, 0.1) is 6.92 Å². The molecule has 0 unspecified atom stereocenters. The predicted octanol–water partition coefficient (Wildman–Crippen LogP) is 3.09. The molecule has 0 spiro atoms. The molecule has 5 nitrogen and oxygen atoms in total. The number of hydrogen-bond donors (Lipinski definition) is 1. The summed E-state index contributed by atoms with van der Waals surface area (Å²) in [5.41, 5.74) is 2.13. The molecular formula is C19H24N4O. The lowest BCUT2D eigenvalue weighted by molar-refractivity contribution is 0.150. The number of carbonyl (C=O) groups is 1. The average Bonchev–Trinajstić information content (AvgIpc) is 2.61. The van der Waals surface area contributed by atoms with Crippen molar-refractivity contribution in [2.75, 3.05) is 6.54 Å². The number of carbonyl (C=O) groups excluding carboxylic acids is 1. The highest BCUT2D eigenvalue weighted by Gasteiger charge is 2.26. The number of urea groups is 1. The first-order valence-electron chi connectivity index (χ1n) is 8.59. The standard InChI is InChI=1S/C19H24N4O/c1-15-20-11-10-17(22-15)14-21-19(24)23-12-6-5-9-18(23)13-16-7-3-2-4-8-16/h2-4,7-8,10-11,18H,5-6,9,12-14H2,1H3,(H,21,24)/t18-/m1/s1. The van der Waals surface area contributed by atoms with Crippen molar-refractivity contribution in [1.82, 2.24) is 20.2 Å². The first-order chi connectivity index (χ1) is 11.7. The number of likely N-dealkylation sites (tertiary alicyclic amines) is 1. The van der Waals surface area contributed by atoms with Crippen molar-refractivity contribution >= 4 is 6.03 Å². The van der Waals surface area contributed by atoms with Crippen molar-refractivity contribution in [1.29, 1.82) is 0 Å². The van der Waals surface area contributed by atoms with Crippen molar-refractivity contribution in [2.24, 2.45) is 0 Å². The Kier molecular flexibility index (Phi) is 5.41. The van der Waals surface area contributed by atoms with Crippen LogP contribution in [0.15, 0.2) is 42.6 Å². The van der Waals surface area contributed by atoms with Crippen LogP contribution in [0.1, 0.15) is 36.3 Å². The van der Waals surface area contributed by atoms with E-state index in [1.807, 2.05) is 24.0 Å². The van der Waals surface area contributed by atoms with E-state index in [0.29, 0.717) is 6.54 Å². The molecule has 2 aromatic rings. The van der Waals surface area contributed by atoms with E-state index in [0.717, 1.165) is 37.3 Å². The van der Waals surface area contributed by atoms with Gasteiger partial charge in [-0.1, -0.05) is 30.3 Å². The van der Waals surface area contributed by atoms with Crippen LogP contribution in [-0.2, 0) is 13.0 Å². The van der Waals surface area contributed by atoms with Gasteiger partial charge >= 0.3 is 6.03 Å². The molecule has 24 heavy (non-hydrogen) atoms. The third-order valence-electron chi connectivity index (χ3n) is 4.46. The molecule has 0 saturated carbocycles. The summed E-state index contributed by atoms with van der Waals surface area (Å²) >= 11 is 0. The number of aromatic nitrogens is 2. The van der Waals surface area contributed by atoms with E-state index >= 15 is 0 Å². The zero-order valence-corrected chi connectivity index (χ0v) is 14.1. The second kappa shape index (κ2) is 7.90. The molecule has 0 radical (unpaired) electrons. The second-order valence-corrected chi connectivity index (χ2v) is 6.29. The first-order valence-corrected chi connectivity index (χ1v) is 8.59. The fourth-order valence-corrected chi connectivity index (χ4v) is 3.24. The molecule has 2 heterocycles. The molecule has 0 aliphatic carbocycles. The number of aryl methyl sites for hydroxylation is 1. The fourth-order valence-electron chi connectivity index (χ4n) is 3.24. The van der Waals surface area contributed by atoms with E-state index in [2.05, 4.69) is 39.6 Å². The van der Waals surface area contributed by atoms with Crippen molar-refractivity contribution in [2.45, 2.75) is 45.2 Å². The quantitative estimate of drug-likeness (QED) is 0.940. The molecule has 2 amide bonds. The number of amides is 2. The highest BCUT2D eigenvalue weighted by Crippen LogP contribution is 2.21. The molecule has 1 aliphatic rings. The number of hydrogen-bond acceptors (Lipinski definition) is 3. The first kappa shape index (κ1) is 16.4. The van der Waals surface area contributed by atoms with Gasteiger partial charge in [-0.2, -0.15) is 0 Å². The summed E-state index contributed by atoms with van der Waals surface area (Å²) < 4.78 is 0. The molecular weight excluding hydrogens is 300 g/mol. The molecule has 1 fully saturated rings. The van der Waals surface area contributed by atoms with E-state index in [4.69, 9.17) is 0 Å². The average molecular weight is 324 g/mol. The van der Waals surface area contributed by atoms with Crippen molar-refractivity contribution < 1.29 is 4.79 Å².